The molecule has 0 spiro atoms. The van der Waals surface area contributed by atoms with Crippen LogP contribution in [0.4, 0.5) is 9.57 Å². The molecular weight excluding hydrogens is 388 g/mol. The minimum atomic E-state index is -4.71. The molecule has 104 valence electrons. The summed E-state index contributed by atoms with van der Waals surface area (Å²) in [6.45, 7) is -0.186. The van der Waals surface area contributed by atoms with Gasteiger partial charge in [0.15, 0.2) is 0 Å². The number of rotatable bonds is 3. The van der Waals surface area contributed by atoms with E-state index in [4.69, 9.17) is 4.74 Å². The van der Waals surface area contributed by atoms with Gasteiger partial charge in [-0.1, -0.05) is 0 Å². The van der Waals surface area contributed by atoms with Gasteiger partial charge in [-0.05, 0) is 40.8 Å². The molecule has 1 unspecified atom stereocenters. The van der Waals surface area contributed by atoms with Gasteiger partial charge in [0.2, 0.25) is 5.91 Å². The molecule has 1 heterocycles. The van der Waals surface area contributed by atoms with Crippen LogP contribution in [0.25, 0.3) is 0 Å². The van der Waals surface area contributed by atoms with E-state index < -0.39 is 21.4 Å². The predicted octanol–water partition coefficient (Wildman–Crippen LogP) is 1.70. The fraction of sp³-hybridized carbons (Fsp3) is 0.364. The molecule has 1 aromatic rings. The van der Waals surface area contributed by atoms with Crippen molar-refractivity contribution in [3.05, 3.63) is 21.8 Å². The Balaban J connectivity index is 2.38. The van der Waals surface area contributed by atoms with Crippen LogP contribution in [0.1, 0.15) is 6.42 Å². The van der Waals surface area contributed by atoms with Gasteiger partial charge in [-0.15, -0.1) is 3.89 Å². The van der Waals surface area contributed by atoms with E-state index in [9.17, 15) is 17.1 Å². The number of methoxy groups -OCH3 is 1. The first kappa shape index (κ1) is 14.5. The molecule has 5 nitrogen and oxygen atoms in total. The molecule has 0 aromatic heterocycles. The molecule has 0 aliphatic carbocycles. The first-order valence-corrected chi connectivity index (χ1v) is 7.93. The monoisotopic (exact) mass is 399 g/mol. The zero-order chi connectivity index (χ0) is 14.2. The Morgan fingerprint density at radius 1 is 1.47 bits per heavy atom. The van der Waals surface area contributed by atoms with Crippen LogP contribution in [0.15, 0.2) is 18.2 Å². The summed E-state index contributed by atoms with van der Waals surface area (Å²) in [4.78, 5) is 13.1. The van der Waals surface area contributed by atoms with Crippen molar-refractivity contribution < 1.29 is 21.8 Å². The molecule has 1 atom stereocenters. The highest BCUT2D eigenvalue weighted by Crippen LogP contribution is 2.34. The summed E-state index contributed by atoms with van der Waals surface area (Å²) in [5.41, 5.74) is 0.463. The van der Waals surface area contributed by atoms with Crippen LogP contribution >= 0.6 is 22.6 Å². The van der Waals surface area contributed by atoms with E-state index in [1.54, 1.807) is 18.2 Å². The molecule has 0 N–H and O–H groups in total. The van der Waals surface area contributed by atoms with Crippen molar-refractivity contribution in [1.82, 2.24) is 0 Å². The Hall–Kier alpha value is -0.900. The second kappa shape index (κ2) is 5.23. The van der Waals surface area contributed by atoms with E-state index in [0.717, 1.165) is 3.57 Å². The Morgan fingerprint density at radius 2 is 2.16 bits per heavy atom. The molecule has 8 heteroatoms. The average molecular weight is 399 g/mol. The molecule has 0 bridgehead atoms. The van der Waals surface area contributed by atoms with E-state index in [2.05, 4.69) is 22.6 Å². The Kier molecular flexibility index (Phi) is 4.00. The number of carbonyl (C=O) groups excluding carboxylic acids is 1. The standard InChI is InChI=1S/C11H11FINO4S/c1-18-10-3-2-7(13)4-9(10)14-6-8(5-11(14)15)19(12,16)17/h2-4,8H,5-6H2,1H3. The maximum atomic E-state index is 13.0. The number of benzene rings is 1. The third kappa shape index (κ3) is 2.99. The zero-order valence-electron chi connectivity index (χ0n) is 9.97. The molecule has 19 heavy (non-hydrogen) atoms. The number of amides is 1. The van der Waals surface area contributed by atoms with Crippen molar-refractivity contribution in [2.24, 2.45) is 0 Å². The lowest BCUT2D eigenvalue weighted by Gasteiger charge is -2.19. The summed E-state index contributed by atoms with van der Waals surface area (Å²) < 4.78 is 40.8. The van der Waals surface area contributed by atoms with E-state index in [1.807, 2.05) is 0 Å². The number of hydrogen-bond acceptors (Lipinski definition) is 4. The minimum absolute atomic E-state index is 0.186. The van der Waals surface area contributed by atoms with Crippen LogP contribution in [0.3, 0.4) is 0 Å². The third-order valence-electron chi connectivity index (χ3n) is 2.92. The highest BCUT2D eigenvalue weighted by molar-refractivity contribution is 14.1. The lowest BCUT2D eigenvalue weighted by atomic mass is 10.2. The summed E-state index contributed by atoms with van der Waals surface area (Å²) in [6, 6.07) is 5.18. The van der Waals surface area contributed by atoms with Gasteiger partial charge in [0, 0.05) is 16.5 Å². The summed E-state index contributed by atoms with van der Waals surface area (Å²) in [6.07, 6.45) is -0.340. The van der Waals surface area contributed by atoms with E-state index in [0.29, 0.717) is 11.4 Å². The van der Waals surface area contributed by atoms with Crippen molar-refractivity contribution in [3.63, 3.8) is 0 Å². The minimum Gasteiger partial charge on any atom is -0.495 e. The molecule has 1 amide bonds. The van der Waals surface area contributed by atoms with Crippen molar-refractivity contribution in [1.29, 1.82) is 0 Å². The zero-order valence-corrected chi connectivity index (χ0v) is 12.9. The molecule has 1 aromatic carbocycles. The second-order valence-corrected chi connectivity index (χ2v) is 6.99. The topological polar surface area (TPSA) is 63.7 Å². The van der Waals surface area contributed by atoms with Gasteiger partial charge in [-0.2, -0.15) is 8.42 Å². The van der Waals surface area contributed by atoms with Crippen LogP contribution in [0, 0.1) is 3.57 Å². The first-order chi connectivity index (χ1) is 8.82. The van der Waals surface area contributed by atoms with Gasteiger partial charge >= 0.3 is 10.2 Å². The van der Waals surface area contributed by atoms with Gasteiger partial charge < -0.3 is 9.64 Å². The number of halogens is 2. The number of nitrogens with zero attached hydrogens (tertiary/aromatic N) is 1. The quantitative estimate of drug-likeness (QED) is 0.574. The van der Waals surface area contributed by atoms with Crippen LogP contribution in [-0.2, 0) is 15.0 Å². The molecule has 2 rings (SSSR count). The summed E-state index contributed by atoms with van der Waals surface area (Å²) in [5, 5.41) is -1.30. The largest absolute Gasteiger partial charge is 0.495 e. The molecule has 1 fully saturated rings. The van der Waals surface area contributed by atoms with E-state index >= 15 is 0 Å². The van der Waals surface area contributed by atoms with Crippen LogP contribution in [0.2, 0.25) is 0 Å². The van der Waals surface area contributed by atoms with Crippen LogP contribution < -0.4 is 9.64 Å². The fourth-order valence-corrected chi connectivity index (χ4v) is 3.11. The summed E-state index contributed by atoms with van der Waals surface area (Å²) >= 11 is 2.07. The number of carbonyl (C=O) groups is 1. The van der Waals surface area contributed by atoms with Crippen molar-refractivity contribution in [2.75, 3.05) is 18.6 Å². The van der Waals surface area contributed by atoms with Crippen molar-refractivity contribution in [3.8, 4) is 5.75 Å². The van der Waals surface area contributed by atoms with Gasteiger partial charge in [-0.3, -0.25) is 4.79 Å². The molecule has 1 aliphatic rings. The third-order valence-corrected chi connectivity index (χ3v) is 4.70. The number of anilines is 1. The lowest BCUT2D eigenvalue weighted by molar-refractivity contribution is -0.117. The fourth-order valence-electron chi connectivity index (χ4n) is 1.97. The van der Waals surface area contributed by atoms with E-state index in [-0.39, 0.29) is 13.0 Å². The average Bonchev–Trinajstić information content (AvgIpc) is 2.71. The van der Waals surface area contributed by atoms with Crippen LogP contribution in [0.5, 0.6) is 5.75 Å². The van der Waals surface area contributed by atoms with Crippen LogP contribution in [-0.4, -0.2) is 33.2 Å². The Bertz CT molecular complexity index is 619. The van der Waals surface area contributed by atoms with Crippen molar-refractivity contribution in [2.45, 2.75) is 11.7 Å². The maximum absolute atomic E-state index is 13.0. The Morgan fingerprint density at radius 3 is 2.68 bits per heavy atom. The van der Waals surface area contributed by atoms with Gasteiger partial charge in [0.25, 0.3) is 0 Å². The van der Waals surface area contributed by atoms with Gasteiger partial charge in [-0.25, -0.2) is 0 Å². The predicted molar refractivity (Wildman–Crippen MR) is 76.5 cm³/mol. The molecule has 1 saturated heterocycles. The number of hydrogen-bond donors (Lipinski definition) is 0. The highest BCUT2D eigenvalue weighted by atomic mass is 127. The normalized spacial score (nSPS) is 19.8. The van der Waals surface area contributed by atoms with Crippen molar-refractivity contribution >= 4 is 44.4 Å². The molecular formula is C11H11FINO4S. The molecule has 0 radical (unpaired) electrons. The Labute approximate surface area is 124 Å². The first-order valence-electron chi connectivity index (χ1n) is 5.40. The SMILES string of the molecule is COc1ccc(I)cc1N1CC(S(=O)(=O)F)CC1=O. The lowest BCUT2D eigenvalue weighted by Crippen LogP contribution is -2.27. The molecule has 1 aliphatic heterocycles. The highest BCUT2D eigenvalue weighted by Gasteiger charge is 2.39. The molecule has 0 saturated carbocycles. The smallest absolute Gasteiger partial charge is 0.307 e. The maximum Gasteiger partial charge on any atom is 0.307 e. The summed E-state index contributed by atoms with van der Waals surface area (Å²) in [5.74, 6) is 0.0252. The summed E-state index contributed by atoms with van der Waals surface area (Å²) in [7, 11) is -3.26. The van der Waals surface area contributed by atoms with E-state index in [1.165, 1.54) is 12.0 Å². The van der Waals surface area contributed by atoms with Gasteiger partial charge in [0.05, 0.1) is 12.8 Å². The van der Waals surface area contributed by atoms with Gasteiger partial charge in [0.1, 0.15) is 11.0 Å². The second-order valence-electron chi connectivity index (χ2n) is 4.12. The number of ether oxygens (including phenoxy) is 1.